The van der Waals surface area contributed by atoms with Crippen LogP contribution in [0.5, 0.6) is 0 Å². The summed E-state index contributed by atoms with van der Waals surface area (Å²) in [5.74, 6) is 0.641. The molecule has 1 amide bonds. The Morgan fingerprint density at radius 2 is 1.68 bits per heavy atom. The number of nitrogens with zero attached hydrogens (tertiary/aromatic N) is 4. The summed E-state index contributed by atoms with van der Waals surface area (Å²) in [5, 5.41) is 9.21. The van der Waals surface area contributed by atoms with Crippen LogP contribution in [-0.4, -0.2) is 45.7 Å². The molecule has 0 radical (unpaired) electrons. The molecule has 2 aromatic carbocycles. The van der Waals surface area contributed by atoms with Crippen molar-refractivity contribution in [2.75, 3.05) is 12.3 Å². The molecule has 0 bridgehead atoms. The third kappa shape index (κ3) is 3.87. The quantitative estimate of drug-likeness (QED) is 0.544. The van der Waals surface area contributed by atoms with Crippen LogP contribution in [-0.2, 0) is 22.5 Å². The van der Waals surface area contributed by atoms with Gasteiger partial charge >= 0.3 is 0 Å². The molecule has 0 atom stereocenters. The first-order valence-electron chi connectivity index (χ1n) is 9.90. The highest BCUT2D eigenvalue weighted by Crippen LogP contribution is 2.31. The van der Waals surface area contributed by atoms with Crippen molar-refractivity contribution in [2.45, 2.75) is 36.2 Å². The number of hydrogen-bond acceptors (Lipinski definition) is 6. The second-order valence-electron chi connectivity index (χ2n) is 8.42. The van der Waals surface area contributed by atoms with Gasteiger partial charge in [-0.05, 0) is 23.1 Å². The van der Waals surface area contributed by atoms with Crippen LogP contribution in [0.15, 0.2) is 58.6 Å². The number of hydrogen-bond donors (Lipinski definition) is 0. The van der Waals surface area contributed by atoms with Crippen LogP contribution in [0.4, 0.5) is 0 Å². The molecule has 4 rings (SSSR count). The Labute approximate surface area is 186 Å². The fourth-order valence-corrected chi connectivity index (χ4v) is 6.00. The van der Waals surface area contributed by atoms with Gasteiger partial charge in [0, 0.05) is 24.9 Å². The van der Waals surface area contributed by atoms with Gasteiger partial charge < -0.3 is 4.57 Å². The molecule has 0 N–H and O–H groups in total. The van der Waals surface area contributed by atoms with Crippen molar-refractivity contribution >= 4 is 27.7 Å². The molecule has 1 aromatic heterocycles. The summed E-state index contributed by atoms with van der Waals surface area (Å²) in [6, 6.07) is 14.6. The Hall–Kier alpha value is -2.65. The molecule has 0 spiro atoms. The number of aromatic nitrogens is 3. The van der Waals surface area contributed by atoms with Crippen LogP contribution in [0.3, 0.4) is 0 Å². The number of amides is 1. The topological polar surface area (TPSA) is 85.2 Å². The third-order valence-electron chi connectivity index (χ3n) is 5.28. The molecule has 9 heteroatoms. The highest BCUT2D eigenvalue weighted by atomic mass is 32.2. The van der Waals surface area contributed by atoms with Crippen LogP contribution in [0.2, 0.25) is 0 Å². The minimum absolute atomic E-state index is 0.0724. The lowest BCUT2D eigenvalue weighted by Crippen LogP contribution is -2.32. The number of carbonyl (C=O) groups is 1. The maximum atomic E-state index is 12.7. The molecule has 1 aliphatic rings. The fraction of sp³-hybridized carbons (Fsp3) is 0.318. The van der Waals surface area contributed by atoms with Gasteiger partial charge in [-0.3, -0.25) is 4.79 Å². The Kier molecular flexibility index (Phi) is 5.43. The molecule has 3 aromatic rings. The number of fused-ring (bicyclic) bond motifs is 1. The number of thioether (sulfide) groups is 1. The van der Waals surface area contributed by atoms with Gasteiger partial charge in [-0.2, -0.15) is 0 Å². The molecule has 0 unspecified atom stereocenters. The Balaban J connectivity index is 1.45. The summed E-state index contributed by atoms with van der Waals surface area (Å²) in [4.78, 5) is 12.6. The molecule has 31 heavy (non-hydrogen) atoms. The van der Waals surface area contributed by atoms with Crippen molar-refractivity contribution in [1.29, 1.82) is 0 Å². The normalized spacial score (nSPS) is 15.4. The summed E-state index contributed by atoms with van der Waals surface area (Å²) in [5.41, 5.74) is 2.51. The zero-order valence-corrected chi connectivity index (χ0v) is 19.5. The molecule has 1 aliphatic heterocycles. The molecule has 2 heterocycles. The van der Waals surface area contributed by atoms with Crippen LogP contribution >= 0.6 is 11.8 Å². The first kappa shape index (κ1) is 21.6. The monoisotopic (exact) mass is 456 g/mol. The SMILES string of the molecule is Cn1c(SCCN2C(=O)c3ccccc3S2(=O)=O)nnc1-c1ccc(C(C)(C)C)cc1. The molecular weight excluding hydrogens is 432 g/mol. The van der Waals surface area contributed by atoms with Gasteiger partial charge in [0.05, 0.1) is 5.56 Å². The predicted molar refractivity (Wildman–Crippen MR) is 121 cm³/mol. The summed E-state index contributed by atoms with van der Waals surface area (Å²) >= 11 is 1.37. The minimum atomic E-state index is -3.79. The van der Waals surface area contributed by atoms with E-state index in [1.54, 1.807) is 18.2 Å². The van der Waals surface area contributed by atoms with E-state index >= 15 is 0 Å². The van der Waals surface area contributed by atoms with E-state index in [9.17, 15) is 13.2 Å². The second kappa shape index (κ2) is 7.80. The van der Waals surface area contributed by atoms with Crippen LogP contribution in [0, 0.1) is 0 Å². The number of rotatable bonds is 5. The average Bonchev–Trinajstić information content (AvgIpc) is 3.18. The number of benzene rings is 2. The van der Waals surface area contributed by atoms with Crippen molar-refractivity contribution in [3.05, 3.63) is 59.7 Å². The predicted octanol–water partition coefficient (Wildman–Crippen LogP) is 3.72. The zero-order valence-electron chi connectivity index (χ0n) is 17.9. The maximum absolute atomic E-state index is 12.7. The highest BCUT2D eigenvalue weighted by molar-refractivity contribution is 7.99. The maximum Gasteiger partial charge on any atom is 0.269 e. The molecule has 0 aliphatic carbocycles. The molecule has 0 saturated carbocycles. The average molecular weight is 457 g/mol. The van der Waals surface area contributed by atoms with Gasteiger partial charge in [0.25, 0.3) is 15.9 Å². The lowest BCUT2D eigenvalue weighted by atomic mass is 9.87. The number of sulfonamides is 1. The van der Waals surface area contributed by atoms with E-state index in [0.717, 1.165) is 15.7 Å². The summed E-state index contributed by atoms with van der Waals surface area (Å²) in [6.45, 7) is 6.58. The first-order chi connectivity index (χ1) is 14.6. The first-order valence-corrected chi connectivity index (χ1v) is 12.3. The molecule has 162 valence electrons. The van der Waals surface area contributed by atoms with Gasteiger partial charge in [-0.15, -0.1) is 10.2 Å². The van der Waals surface area contributed by atoms with E-state index in [1.807, 2.05) is 23.7 Å². The van der Waals surface area contributed by atoms with Gasteiger partial charge in [0.1, 0.15) is 4.90 Å². The Morgan fingerprint density at radius 1 is 1.00 bits per heavy atom. The molecule has 0 saturated heterocycles. The van der Waals surface area contributed by atoms with Gasteiger partial charge in [-0.25, -0.2) is 12.7 Å². The molecule has 7 nitrogen and oxygen atoms in total. The summed E-state index contributed by atoms with van der Waals surface area (Å²) in [7, 11) is -1.91. The van der Waals surface area contributed by atoms with Crippen molar-refractivity contribution in [1.82, 2.24) is 19.1 Å². The largest absolute Gasteiger partial charge is 0.305 e. The van der Waals surface area contributed by atoms with E-state index in [1.165, 1.54) is 23.4 Å². The Morgan fingerprint density at radius 3 is 2.32 bits per heavy atom. The van der Waals surface area contributed by atoms with Crippen LogP contribution in [0.1, 0.15) is 36.7 Å². The summed E-state index contributed by atoms with van der Waals surface area (Å²) in [6.07, 6.45) is 0. The standard InChI is InChI=1S/C22H24N4O3S2/c1-22(2,3)16-11-9-15(10-12-16)19-23-24-21(25(19)4)30-14-13-26-20(27)17-7-5-6-8-18(17)31(26,28)29/h5-12H,13-14H2,1-4H3. The van der Waals surface area contributed by atoms with E-state index in [-0.39, 0.29) is 22.4 Å². The van der Waals surface area contributed by atoms with E-state index in [2.05, 4.69) is 43.1 Å². The third-order valence-corrected chi connectivity index (χ3v) is 8.12. The van der Waals surface area contributed by atoms with Crippen molar-refractivity contribution < 1.29 is 13.2 Å². The lowest BCUT2D eigenvalue weighted by Gasteiger charge is -2.19. The minimum Gasteiger partial charge on any atom is -0.305 e. The smallest absolute Gasteiger partial charge is 0.269 e. The highest BCUT2D eigenvalue weighted by Gasteiger charge is 2.40. The van der Waals surface area contributed by atoms with E-state index in [0.29, 0.717) is 10.9 Å². The van der Waals surface area contributed by atoms with Crippen LogP contribution < -0.4 is 0 Å². The lowest BCUT2D eigenvalue weighted by molar-refractivity contribution is 0.0876. The van der Waals surface area contributed by atoms with Gasteiger partial charge in [0.2, 0.25) is 0 Å². The molecular formula is C22H24N4O3S2. The summed E-state index contributed by atoms with van der Waals surface area (Å²) < 4.78 is 28.1. The zero-order chi connectivity index (χ0) is 22.4. The second-order valence-corrected chi connectivity index (χ2v) is 11.3. The van der Waals surface area contributed by atoms with Crippen molar-refractivity contribution in [2.24, 2.45) is 7.05 Å². The van der Waals surface area contributed by atoms with E-state index < -0.39 is 15.9 Å². The van der Waals surface area contributed by atoms with Gasteiger partial charge in [0.15, 0.2) is 11.0 Å². The number of carbonyl (C=O) groups excluding carboxylic acids is 1. The van der Waals surface area contributed by atoms with Crippen molar-refractivity contribution in [3.8, 4) is 11.4 Å². The van der Waals surface area contributed by atoms with Gasteiger partial charge in [-0.1, -0.05) is 68.9 Å². The van der Waals surface area contributed by atoms with Crippen molar-refractivity contribution in [3.63, 3.8) is 0 Å². The van der Waals surface area contributed by atoms with E-state index in [4.69, 9.17) is 0 Å². The molecule has 0 fully saturated rings. The van der Waals surface area contributed by atoms with Crippen LogP contribution in [0.25, 0.3) is 11.4 Å². The Bertz CT molecular complexity index is 1240. The fourth-order valence-electron chi connectivity index (χ4n) is 3.48.